The van der Waals surface area contributed by atoms with Crippen LogP contribution in [0.15, 0.2) is 18.2 Å². The summed E-state index contributed by atoms with van der Waals surface area (Å²) in [7, 11) is 0. The molecule has 0 radical (unpaired) electrons. The van der Waals surface area contributed by atoms with E-state index in [2.05, 4.69) is 0 Å². The minimum absolute atomic E-state index is 0.262. The number of aryl methyl sites for hydroxylation is 1. The number of rotatable bonds is 2. The highest BCUT2D eigenvalue weighted by Gasteiger charge is 2.63. The Labute approximate surface area is 110 Å². The van der Waals surface area contributed by atoms with E-state index in [4.69, 9.17) is 5.73 Å². The first-order valence-corrected chi connectivity index (χ1v) is 5.76. The van der Waals surface area contributed by atoms with Gasteiger partial charge in [-0.05, 0) is 36.1 Å². The van der Waals surface area contributed by atoms with Crippen LogP contribution in [0.5, 0.6) is 0 Å². The molecule has 1 aliphatic rings. The molecule has 1 aromatic carbocycles. The number of hydrogen-bond donors (Lipinski definition) is 2. The number of carbonyl (C=O) groups is 1. The van der Waals surface area contributed by atoms with Crippen molar-refractivity contribution in [1.29, 1.82) is 0 Å². The lowest BCUT2D eigenvalue weighted by Crippen LogP contribution is -2.51. The zero-order chi connectivity index (χ0) is 15.1. The molecule has 3 nitrogen and oxygen atoms in total. The molecule has 2 rings (SSSR count). The fourth-order valence-electron chi connectivity index (χ4n) is 2.17. The van der Waals surface area contributed by atoms with Crippen molar-refractivity contribution in [3.05, 3.63) is 29.3 Å². The summed E-state index contributed by atoms with van der Waals surface area (Å²) in [6, 6.07) is 3.79. The molecular weight excluding hydrogens is 283 g/mol. The largest absolute Gasteiger partial charge is 0.463 e. The fourth-order valence-corrected chi connectivity index (χ4v) is 2.17. The molecule has 110 valence electrons. The van der Waals surface area contributed by atoms with Gasteiger partial charge in [0.15, 0.2) is 0 Å². The van der Waals surface area contributed by atoms with E-state index in [1.54, 1.807) is 11.4 Å². The Hall–Kier alpha value is -1.86. The lowest BCUT2D eigenvalue weighted by molar-refractivity contribution is -0.270. The van der Waals surface area contributed by atoms with Gasteiger partial charge in [-0.3, -0.25) is 4.79 Å². The first kappa shape index (κ1) is 14.5. The summed E-state index contributed by atoms with van der Waals surface area (Å²) < 4.78 is 62.0. The average Bonchev–Trinajstić information content (AvgIpc) is 2.70. The number of halogens is 5. The van der Waals surface area contributed by atoms with Crippen molar-refractivity contribution >= 4 is 11.6 Å². The number of nitrogen functional groups attached to an aromatic ring is 1. The van der Waals surface area contributed by atoms with E-state index in [-0.39, 0.29) is 6.42 Å². The lowest BCUT2D eigenvalue weighted by Gasteiger charge is -2.21. The van der Waals surface area contributed by atoms with E-state index in [9.17, 15) is 26.7 Å². The van der Waals surface area contributed by atoms with E-state index < -0.39 is 24.0 Å². The Balaban J connectivity index is 2.16. The van der Waals surface area contributed by atoms with Gasteiger partial charge in [-0.25, -0.2) is 0 Å². The Morgan fingerprint density at radius 1 is 1.25 bits per heavy atom. The Morgan fingerprint density at radius 2 is 1.90 bits per heavy atom. The molecule has 1 aromatic rings. The summed E-state index contributed by atoms with van der Waals surface area (Å²) in [6.45, 7) is 0. The van der Waals surface area contributed by atoms with Gasteiger partial charge in [0.1, 0.15) is 0 Å². The van der Waals surface area contributed by atoms with Crippen LogP contribution in [0.4, 0.5) is 27.6 Å². The molecule has 1 atom stereocenters. The summed E-state index contributed by atoms with van der Waals surface area (Å²) >= 11 is 0. The van der Waals surface area contributed by atoms with Crippen LogP contribution in [0.3, 0.4) is 0 Å². The normalized spacial score (nSPS) is 18.8. The summed E-state index contributed by atoms with van der Waals surface area (Å²) in [5.41, 5.74) is 7.28. The summed E-state index contributed by atoms with van der Waals surface area (Å²) in [5.74, 6) is -7.73. The molecule has 0 fully saturated rings. The van der Waals surface area contributed by atoms with Crippen molar-refractivity contribution in [2.75, 3.05) is 5.73 Å². The van der Waals surface area contributed by atoms with Crippen molar-refractivity contribution in [2.45, 2.75) is 31.0 Å². The highest BCUT2D eigenvalue weighted by atomic mass is 19.4. The van der Waals surface area contributed by atoms with E-state index in [0.29, 0.717) is 17.7 Å². The number of anilines is 1. The van der Waals surface area contributed by atoms with Gasteiger partial charge in [0.2, 0.25) is 0 Å². The third kappa shape index (κ3) is 2.41. The van der Waals surface area contributed by atoms with Crippen molar-refractivity contribution < 1.29 is 26.7 Å². The van der Waals surface area contributed by atoms with Gasteiger partial charge in [-0.2, -0.15) is 22.0 Å². The maximum Gasteiger partial charge on any atom is 0.463 e. The second-order valence-corrected chi connectivity index (χ2v) is 4.60. The first-order chi connectivity index (χ1) is 9.13. The standard InChI is InChI=1S/C12H11F5N2O/c13-11(14,12(15,16)17)10(20)19-9-4-1-6-5-7(18)2-3-8(6)9/h2-3,5,9H,1,4,18H2,(H,19,20). The number of carbonyl (C=O) groups excluding carboxylic acids is 1. The third-order valence-corrected chi connectivity index (χ3v) is 3.19. The highest BCUT2D eigenvalue weighted by molar-refractivity contribution is 5.84. The monoisotopic (exact) mass is 294 g/mol. The first-order valence-electron chi connectivity index (χ1n) is 5.76. The van der Waals surface area contributed by atoms with Crippen LogP contribution in [-0.4, -0.2) is 18.0 Å². The van der Waals surface area contributed by atoms with Gasteiger partial charge >= 0.3 is 18.0 Å². The zero-order valence-electron chi connectivity index (χ0n) is 10.1. The Bertz CT molecular complexity index is 541. The second-order valence-electron chi connectivity index (χ2n) is 4.60. The zero-order valence-corrected chi connectivity index (χ0v) is 10.1. The summed E-state index contributed by atoms with van der Waals surface area (Å²) in [5, 5.41) is 1.75. The Morgan fingerprint density at radius 3 is 2.50 bits per heavy atom. The molecule has 1 amide bonds. The predicted octanol–water partition coefficient (Wildman–Crippen LogP) is 2.57. The average molecular weight is 294 g/mol. The van der Waals surface area contributed by atoms with Gasteiger partial charge in [0.25, 0.3) is 0 Å². The van der Waals surface area contributed by atoms with Gasteiger partial charge in [-0.15, -0.1) is 0 Å². The number of hydrogen-bond acceptors (Lipinski definition) is 2. The van der Waals surface area contributed by atoms with E-state index in [1.807, 2.05) is 0 Å². The number of nitrogens with two attached hydrogens (primary N) is 1. The van der Waals surface area contributed by atoms with Crippen LogP contribution in [-0.2, 0) is 11.2 Å². The summed E-state index contributed by atoms with van der Waals surface area (Å²) in [6.07, 6.45) is -5.18. The van der Waals surface area contributed by atoms with Crippen LogP contribution in [0, 0.1) is 0 Å². The minimum atomic E-state index is -5.90. The van der Waals surface area contributed by atoms with Crippen LogP contribution >= 0.6 is 0 Å². The van der Waals surface area contributed by atoms with Gasteiger partial charge in [-0.1, -0.05) is 6.07 Å². The Kier molecular flexibility index (Phi) is 3.35. The maximum absolute atomic E-state index is 12.9. The molecule has 1 aliphatic carbocycles. The molecule has 0 aliphatic heterocycles. The number of alkyl halides is 5. The SMILES string of the molecule is Nc1ccc2c(c1)CCC2NC(=O)C(F)(F)C(F)(F)F. The van der Waals surface area contributed by atoms with Crippen LogP contribution in [0.25, 0.3) is 0 Å². The molecule has 20 heavy (non-hydrogen) atoms. The quantitative estimate of drug-likeness (QED) is 0.650. The molecule has 1 unspecified atom stereocenters. The molecule has 0 saturated heterocycles. The number of benzene rings is 1. The smallest absolute Gasteiger partial charge is 0.399 e. The van der Waals surface area contributed by atoms with Gasteiger partial charge < -0.3 is 11.1 Å². The number of nitrogens with one attached hydrogen (secondary N) is 1. The van der Waals surface area contributed by atoms with E-state index in [1.165, 1.54) is 12.1 Å². The molecule has 0 bridgehead atoms. The van der Waals surface area contributed by atoms with Crippen LogP contribution in [0.1, 0.15) is 23.6 Å². The van der Waals surface area contributed by atoms with Gasteiger partial charge in [0, 0.05) is 5.69 Å². The third-order valence-electron chi connectivity index (χ3n) is 3.19. The molecule has 8 heteroatoms. The molecular formula is C12H11F5N2O. The molecule has 3 N–H and O–H groups in total. The molecule has 0 heterocycles. The molecule has 0 saturated carbocycles. The highest BCUT2D eigenvalue weighted by Crippen LogP contribution is 2.38. The fraction of sp³-hybridized carbons (Fsp3) is 0.417. The minimum Gasteiger partial charge on any atom is -0.399 e. The topological polar surface area (TPSA) is 55.1 Å². The van der Waals surface area contributed by atoms with Crippen molar-refractivity contribution in [2.24, 2.45) is 0 Å². The maximum atomic E-state index is 12.9. The van der Waals surface area contributed by atoms with Crippen LogP contribution in [0.2, 0.25) is 0 Å². The van der Waals surface area contributed by atoms with Crippen molar-refractivity contribution in [1.82, 2.24) is 5.32 Å². The van der Waals surface area contributed by atoms with Crippen molar-refractivity contribution in [3.63, 3.8) is 0 Å². The van der Waals surface area contributed by atoms with Crippen molar-refractivity contribution in [3.8, 4) is 0 Å². The van der Waals surface area contributed by atoms with E-state index in [0.717, 1.165) is 5.56 Å². The summed E-state index contributed by atoms with van der Waals surface area (Å²) in [4.78, 5) is 11.1. The molecule has 0 aromatic heterocycles. The van der Waals surface area contributed by atoms with Gasteiger partial charge in [0.05, 0.1) is 6.04 Å². The predicted molar refractivity (Wildman–Crippen MR) is 61.1 cm³/mol. The van der Waals surface area contributed by atoms with Crippen LogP contribution < -0.4 is 11.1 Å². The number of amides is 1. The number of fused-ring (bicyclic) bond motifs is 1. The van der Waals surface area contributed by atoms with E-state index >= 15 is 0 Å². The molecule has 0 spiro atoms. The second kappa shape index (κ2) is 4.60. The lowest BCUT2D eigenvalue weighted by atomic mass is 10.1.